The summed E-state index contributed by atoms with van der Waals surface area (Å²) >= 11 is 6.56. The Morgan fingerprint density at radius 3 is 1.84 bits per heavy atom. The minimum atomic E-state index is -0.397. The summed E-state index contributed by atoms with van der Waals surface area (Å²) in [4.78, 5) is 28.5. The summed E-state index contributed by atoms with van der Waals surface area (Å²) in [6.45, 7) is 5.78. The highest BCUT2D eigenvalue weighted by Gasteiger charge is 2.28. The number of aromatic nitrogens is 1. The van der Waals surface area contributed by atoms with E-state index in [1.54, 1.807) is 42.5 Å². The van der Waals surface area contributed by atoms with Gasteiger partial charge >= 0.3 is 0 Å². The van der Waals surface area contributed by atoms with E-state index in [0.29, 0.717) is 28.5 Å². The van der Waals surface area contributed by atoms with E-state index in [2.05, 4.69) is 6.92 Å². The molecule has 0 aliphatic rings. The second kappa shape index (κ2) is 20.7. The fourth-order valence-corrected chi connectivity index (χ4v) is 5.72. The first-order chi connectivity index (χ1) is 21.5. The Kier molecular flexibility index (Phi) is 16.6. The molecule has 0 aliphatic heterocycles. The van der Waals surface area contributed by atoms with Gasteiger partial charge in [0.1, 0.15) is 18.8 Å². The Hall–Kier alpha value is -3.18. The average Bonchev–Trinajstić information content (AvgIpc) is 3.06. The molecule has 0 spiro atoms. The fraction of sp³-hybridized carbons (Fsp3) is 0.500. The molecule has 2 aromatic carbocycles. The van der Waals surface area contributed by atoms with E-state index in [1.165, 1.54) is 81.9 Å². The third kappa shape index (κ3) is 12.1. The quantitative estimate of drug-likeness (QED) is 0.0677. The van der Waals surface area contributed by atoms with Crippen molar-refractivity contribution in [3.8, 4) is 5.75 Å². The normalized spacial score (nSPS) is 11.0. The van der Waals surface area contributed by atoms with Crippen molar-refractivity contribution in [1.82, 2.24) is 4.90 Å². The molecule has 0 unspecified atom stereocenters. The largest absolute Gasteiger partial charge is 0.492 e. The van der Waals surface area contributed by atoms with Gasteiger partial charge in [0.15, 0.2) is 6.20 Å². The summed E-state index contributed by atoms with van der Waals surface area (Å²) in [5.74, 6) is -0.187. The first kappa shape index (κ1) is 35.3. The van der Waals surface area contributed by atoms with Gasteiger partial charge in [-0.1, -0.05) is 126 Å². The van der Waals surface area contributed by atoms with Gasteiger partial charge in [-0.2, -0.15) is 0 Å². The lowest BCUT2D eigenvalue weighted by Crippen LogP contribution is -2.43. The standard InChI is InChI=1S/C38H52ClN2O3/c1-3-5-6-7-8-9-10-11-12-13-14-15-16-22-29-44-36-27-26-33(30-35(36)39)38(43)41(37(42)32-23-18-17-19-24-32)31-34-25-20-21-28-40(34)4-2/h17-21,23-28,30H,3-16,22,29,31H2,1-2H3/q+1. The summed E-state index contributed by atoms with van der Waals surface area (Å²) in [6.07, 6.45) is 20.3. The molecular weight excluding hydrogens is 568 g/mol. The van der Waals surface area contributed by atoms with Gasteiger partial charge in [-0.15, -0.1) is 0 Å². The number of amides is 2. The molecule has 0 bridgehead atoms. The number of nitrogens with zero attached hydrogens (tertiary/aromatic N) is 2. The molecule has 0 fully saturated rings. The summed E-state index contributed by atoms with van der Waals surface area (Å²) in [7, 11) is 0. The van der Waals surface area contributed by atoms with Crippen LogP contribution in [-0.4, -0.2) is 23.3 Å². The van der Waals surface area contributed by atoms with E-state index in [9.17, 15) is 9.59 Å². The molecule has 0 radical (unpaired) electrons. The summed E-state index contributed by atoms with van der Waals surface area (Å²) in [5, 5.41) is 0.372. The molecule has 0 saturated carbocycles. The fourth-order valence-electron chi connectivity index (χ4n) is 5.48. The van der Waals surface area contributed by atoms with Crippen molar-refractivity contribution in [3.63, 3.8) is 0 Å². The number of imide groups is 1. The predicted octanol–water partition coefficient (Wildman–Crippen LogP) is 9.99. The van der Waals surface area contributed by atoms with Crippen molar-refractivity contribution in [2.24, 2.45) is 0 Å². The number of hydrogen-bond donors (Lipinski definition) is 0. The van der Waals surface area contributed by atoms with Crippen LogP contribution in [0.3, 0.4) is 0 Å². The van der Waals surface area contributed by atoms with E-state index in [4.69, 9.17) is 16.3 Å². The Balaban J connectivity index is 1.45. The lowest BCUT2D eigenvalue weighted by molar-refractivity contribution is -0.701. The third-order valence-electron chi connectivity index (χ3n) is 8.14. The number of rotatable bonds is 21. The van der Waals surface area contributed by atoms with Crippen molar-refractivity contribution in [3.05, 3.63) is 94.8 Å². The molecule has 0 aliphatic carbocycles. The van der Waals surface area contributed by atoms with Crippen LogP contribution in [0.25, 0.3) is 0 Å². The number of benzene rings is 2. The maximum Gasteiger partial charge on any atom is 0.261 e. The third-order valence-corrected chi connectivity index (χ3v) is 8.44. The van der Waals surface area contributed by atoms with E-state index in [1.807, 2.05) is 42.0 Å². The van der Waals surface area contributed by atoms with E-state index < -0.39 is 5.91 Å². The zero-order chi connectivity index (χ0) is 31.4. The molecular formula is C38H52ClN2O3+. The van der Waals surface area contributed by atoms with Gasteiger partial charge in [-0.25, -0.2) is 4.57 Å². The van der Waals surface area contributed by atoms with Crippen molar-refractivity contribution in [2.75, 3.05) is 6.61 Å². The van der Waals surface area contributed by atoms with E-state index in [0.717, 1.165) is 25.1 Å². The lowest BCUT2D eigenvalue weighted by atomic mass is 10.0. The SMILES string of the molecule is CCCCCCCCCCCCCCCCOc1ccc(C(=O)N(Cc2cccc[n+]2CC)C(=O)c2ccccc2)cc1Cl. The monoisotopic (exact) mass is 619 g/mol. The lowest BCUT2D eigenvalue weighted by Gasteiger charge is -2.21. The van der Waals surface area contributed by atoms with Gasteiger partial charge < -0.3 is 4.74 Å². The topological polar surface area (TPSA) is 50.5 Å². The second-order valence-corrected chi connectivity index (χ2v) is 12.0. The molecule has 6 heteroatoms. The van der Waals surface area contributed by atoms with Gasteiger partial charge in [0.05, 0.1) is 11.6 Å². The molecule has 2 amide bonds. The minimum Gasteiger partial charge on any atom is -0.492 e. The first-order valence-electron chi connectivity index (χ1n) is 16.9. The molecule has 3 aromatic rings. The highest BCUT2D eigenvalue weighted by Crippen LogP contribution is 2.27. The second-order valence-electron chi connectivity index (χ2n) is 11.6. The van der Waals surface area contributed by atoms with Gasteiger partial charge in [-0.05, 0) is 43.7 Å². The van der Waals surface area contributed by atoms with Crippen molar-refractivity contribution < 1.29 is 18.9 Å². The zero-order valence-electron chi connectivity index (χ0n) is 26.9. The molecule has 0 atom stereocenters. The Morgan fingerprint density at radius 2 is 1.25 bits per heavy atom. The van der Waals surface area contributed by atoms with Crippen molar-refractivity contribution in [1.29, 1.82) is 0 Å². The molecule has 5 nitrogen and oxygen atoms in total. The Labute approximate surface area is 270 Å². The van der Waals surface area contributed by atoms with Gasteiger partial charge in [0, 0.05) is 23.3 Å². The smallest absolute Gasteiger partial charge is 0.261 e. The van der Waals surface area contributed by atoms with Crippen LogP contribution in [0.2, 0.25) is 5.02 Å². The van der Waals surface area contributed by atoms with Gasteiger partial charge in [0.2, 0.25) is 5.69 Å². The molecule has 3 rings (SSSR count). The first-order valence-corrected chi connectivity index (χ1v) is 17.2. The highest BCUT2D eigenvalue weighted by atomic mass is 35.5. The summed E-state index contributed by atoms with van der Waals surface area (Å²) < 4.78 is 7.98. The van der Waals surface area contributed by atoms with Gasteiger partial charge in [-0.3, -0.25) is 14.5 Å². The molecule has 0 N–H and O–H groups in total. The molecule has 44 heavy (non-hydrogen) atoms. The van der Waals surface area contributed by atoms with Crippen LogP contribution >= 0.6 is 11.6 Å². The molecule has 1 aromatic heterocycles. The van der Waals surface area contributed by atoms with E-state index in [-0.39, 0.29) is 12.5 Å². The number of ether oxygens (including phenoxy) is 1. The number of carbonyl (C=O) groups is 2. The number of aryl methyl sites for hydroxylation is 1. The van der Waals surface area contributed by atoms with Crippen LogP contribution in [0.15, 0.2) is 72.9 Å². The van der Waals surface area contributed by atoms with Crippen LogP contribution in [-0.2, 0) is 13.1 Å². The number of unbranched alkanes of at least 4 members (excludes halogenated alkanes) is 13. The van der Waals surface area contributed by atoms with Crippen LogP contribution in [0.4, 0.5) is 0 Å². The molecule has 0 saturated heterocycles. The highest BCUT2D eigenvalue weighted by molar-refractivity contribution is 6.32. The van der Waals surface area contributed by atoms with Crippen molar-refractivity contribution >= 4 is 23.4 Å². The van der Waals surface area contributed by atoms with Crippen molar-refractivity contribution in [2.45, 2.75) is 117 Å². The summed E-state index contributed by atoms with van der Waals surface area (Å²) in [5.41, 5.74) is 1.67. The maximum atomic E-state index is 13.7. The maximum absolute atomic E-state index is 13.7. The minimum absolute atomic E-state index is 0.149. The number of carbonyl (C=O) groups excluding carboxylic acids is 2. The predicted molar refractivity (Wildman–Crippen MR) is 180 cm³/mol. The number of pyridine rings is 1. The average molecular weight is 620 g/mol. The van der Waals surface area contributed by atoms with Crippen LogP contribution < -0.4 is 9.30 Å². The molecule has 1 heterocycles. The van der Waals surface area contributed by atoms with Crippen LogP contribution in [0.1, 0.15) is 130 Å². The molecule has 238 valence electrons. The Morgan fingerprint density at radius 1 is 0.682 bits per heavy atom. The van der Waals surface area contributed by atoms with E-state index >= 15 is 0 Å². The number of halogens is 1. The Bertz CT molecular complexity index is 1260. The van der Waals surface area contributed by atoms with Crippen LogP contribution in [0, 0.1) is 0 Å². The zero-order valence-corrected chi connectivity index (χ0v) is 27.7. The van der Waals surface area contributed by atoms with Crippen LogP contribution in [0.5, 0.6) is 5.75 Å². The number of hydrogen-bond acceptors (Lipinski definition) is 3. The van der Waals surface area contributed by atoms with Gasteiger partial charge in [0.25, 0.3) is 11.8 Å². The summed E-state index contributed by atoms with van der Waals surface area (Å²) in [6, 6.07) is 19.7.